The number of thiazole rings is 1. The van der Waals surface area contributed by atoms with E-state index in [1.54, 1.807) is 6.92 Å². The van der Waals surface area contributed by atoms with Gasteiger partial charge in [-0.1, -0.05) is 0 Å². The molecular formula is C6H7NO3S. The first-order valence-corrected chi connectivity index (χ1v) is 3.81. The zero-order valence-electron chi connectivity index (χ0n) is 5.81. The highest BCUT2D eigenvalue weighted by Gasteiger charge is 2.19. The Morgan fingerprint density at radius 2 is 2.45 bits per heavy atom. The molecule has 60 valence electrons. The second-order valence-corrected chi connectivity index (χ2v) is 2.93. The van der Waals surface area contributed by atoms with Gasteiger partial charge in [0.2, 0.25) is 0 Å². The Balaban J connectivity index is 2.92. The van der Waals surface area contributed by atoms with E-state index in [0.717, 1.165) is 11.3 Å². The normalized spacial score (nSPS) is 12.9. The van der Waals surface area contributed by atoms with E-state index in [0.29, 0.717) is 10.6 Å². The molecule has 2 N–H and O–H groups in total. The first-order valence-electron chi connectivity index (χ1n) is 2.93. The number of rotatable bonds is 2. The van der Waals surface area contributed by atoms with Gasteiger partial charge >= 0.3 is 5.97 Å². The number of hydrogen-bond donors (Lipinski definition) is 2. The summed E-state index contributed by atoms with van der Waals surface area (Å²) in [5, 5.41) is 17.4. The number of carbonyl (C=O) groups is 1. The Labute approximate surface area is 67.1 Å². The van der Waals surface area contributed by atoms with Crippen molar-refractivity contribution in [2.75, 3.05) is 0 Å². The molecule has 4 nitrogen and oxygen atoms in total. The Kier molecular flexibility index (Phi) is 2.21. The molecule has 0 aliphatic rings. The van der Waals surface area contributed by atoms with Crippen LogP contribution in [0.2, 0.25) is 0 Å². The van der Waals surface area contributed by atoms with Crippen LogP contribution in [0.15, 0.2) is 5.51 Å². The summed E-state index contributed by atoms with van der Waals surface area (Å²) < 4.78 is 0. The third-order valence-corrected chi connectivity index (χ3v) is 2.25. The van der Waals surface area contributed by atoms with Gasteiger partial charge < -0.3 is 10.2 Å². The maximum atomic E-state index is 10.3. The molecule has 1 aromatic heterocycles. The summed E-state index contributed by atoms with van der Waals surface area (Å²) in [4.78, 5) is 14.5. The fraction of sp³-hybridized carbons (Fsp3) is 0.333. The van der Waals surface area contributed by atoms with E-state index in [1.807, 2.05) is 0 Å². The van der Waals surface area contributed by atoms with Crippen molar-refractivity contribution in [1.82, 2.24) is 4.98 Å². The van der Waals surface area contributed by atoms with E-state index in [2.05, 4.69) is 4.98 Å². The first-order chi connectivity index (χ1) is 5.13. The van der Waals surface area contributed by atoms with Crippen LogP contribution in [0.4, 0.5) is 0 Å². The molecule has 1 unspecified atom stereocenters. The van der Waals surface area contributed by atoms with E-state index < -0.39 is 12.1 Å². The molecule has 0 aromatic carbocycles. The third-order valence-electron chi connectivity index (χ3n) is 1.26. The van der Waals surface area contributed by atoms with Crippen LogP contribution in [0.3, 0.4) is 0 Å². The quantitative estimate of drug-likeness (QED) is 0.685. The summed E-state index contributed by atoms with van der Waals surface area (Å²) in [6.45, 7) is 1.66. The van der Waals surface area contributed by atoms with Crippen molar-refractivity contribution in [2.24, 2.45) is 0 Å². The number of nitrogens with zero attached hydrogens (tertiary/aromatic N) is 1. The average molecular weight is 173 g/mol. The van der Waals surface area contributed by atoms with Crippen molar-refractivity contribution in [3.8, 4) is 0 Å². The molecule has 0 aliphatic heterocycles. The van der Waals surface area contributed by atoms with Crippen LogP contribution in [0, 0.1) is 6.92 Å². The predicted octanol–water partition coefficient (Wildman–Crippen LogP) is 0.570. The molecular weight excluding hydrogens is 166 g/mol. The molecule has 5 heteroatoms. The lowest BCUT2D eigenvalue weighted by atomic mass is 10.2. The molecule has 1 heterocycles. The van der Waals surface area contributed by atoms with E-state index >= 15 is 0 Å². The van der Waals surface area contributed by atoms with Gasteiger partial charge in [-0.15, -0.1) is 11.3 Å². The van der Waals surface area contributed by atoms with Crippen molar-refractivity contribution in [3.05, 3.63) is 16.1 Å². The third kappa shape index (κ3) is 1.55. The Bertz CT molecular complexity index is 271. The van der Waals surface area contributed by atoms with E-state index in [4.69, 9.17) is 10.2 Å². The number of aliphatic hydroxyl groups excluding tert-OH is 1. The monoisotopic (exact) mass is 173 g/mol. The summed E-state index contributed by atoms with van der Waals surface area (Å²) >= 11 is 1.14. The number of carboxylic acid groups (broad SMARTS) is 1. The summed E-state index contributed by atoms with van der Waals surface area (Å²) in [5.74, 6) is -1.24. The highest BCUT2D eigenvalue weighted by Crippen LogP contribution is 2.21. The van der Waals surface area contributed by atoms with Crippen LogP contribution in [0.5, 0.6) is 0 Å². The van der Waals surface area contributed by atoms with Crippen molar-refractivity contribution in [1.29, 1.82) is 0 Å². The second kappa shape index (κ2) is 2.98. The molecule has 0 saturated heterocycles. The first kappa shape index (κ1) is 8.16. The molecule has 1 atom stereocenters. The molecule has 0 bridgehead atoms. The van der Waals surface area contributed by atoms with E-state index in [1.165, 1.54) is 5.51 Å². The minimum absolute atomic E-state index is 0.400. The van der Waals surface area contributed by atoms with E-state index in [-0.39, 0.29) is 0 Å². The van der Waals surface area contributed by atoms with Crippen LogP contribution in [0.1, 0.15) is 16.7 Å². The van der Waals surface area contributed by atoms with Crippen LogP contribution in [0.25, 0.3) is 0 Å². The topological polar surface area (TPSA) is 70.4 Å². The molecule has 0 fully saturated rings. The Hall–Kier alpha value is -0.940. The zero-order chi connectivity index (χ0) is 8.43. The molecule has 0 aliphatic carbocycles. The fourth-order valence-corrected chi connectivity index (χ4v) is 1.46. The lowest BCUT2D eigenvalue weighted by Crippen LogP contribution is -2.09. The van der Waals surface area contributed by atoms with E-state index in [9.17, 15) is 4.79 Å². The number of aryl methyl sites for hydroxylation is 1. The summed E-state index contributed by atoms with van der Waals surface area (Å²) in [7, 11) is 0. The van der Waals surface area contributed by atoms with Crippen LogP contribution in [-0.2, 0) is 4.79 Å². The predicted molar refractivity (Wildman–Crippen MR) is 39.4 cm³/mol. The van der Waals surface area contributed by atoms with Crippen molar-refractivity contribution >= 4 is 17.3 Å². The molecule has 1 aromatic rings. The highest BCUT2D eigenvalue weighted by molar-refractivity contribution is 7.09. The van der Waals surface area contributed by atoms with Gasteiger partial charge in [-0.3, -0.25) is 0 Å². The second-order valence-electron chi connectivity index (χ2n) is 2.04. The molecule has 11 heavy (non-hydrogen) atoms. The number of aromatic nitrogens is 1. The van der Waals surface area contributed by atoms with Gasteiger partial charge in [0.25, 0.3) is 0 Å². The number of aliphatic hydroxyl groups is 1. The SMILES string of the molecule is Cc1ncsc1C(O)C(=O)O. The molecule has 0 saturated carbocycles. The van der Waals surface area contributed by atoms with Gasteiger partial charge in [0.05, 0.1) is 16.1 Å². The number of carboxylic acids is 1. The van der Waals surface area contributed by atoms with Gasteiger partial charge in [-0.2, -0.15) is 0 Å². The minimum Gasteiger partial charge on any atom is -0.479 e. The average Bonchev–Trinajstić information content (AvgIpc) is 2.33. The van der Waals surface area contributed by atoms with Crippen LogP contribution >= 0.6 is 11.3 Å². The van der Waals surface area contributed by atoms with Gasteiger partial charge in [-0.25, -0.2) is 9.78 Å². The highest BCUT2D eigenvalue weighted by atomic mass is 32.1. The summed E-state index contributed by atoms with van der Waals surface area (Å²) in [6.07, 6.45) is -1.43. The molecule has 0 radical (unpaired) electrons. The summed E-state index contributed by atoms with van der Waals surface area (Å²) in [6, 6.07) is 0. The molecule has 1 rings (SSSR count). The van der Waals surface area contributed by atoms with Crippen LogP contribution < -0.4 is 0 Å². The Morgan fingerprint density at radius 3 is 2.82 bits per heavy atom. The maximum Gasteiger partial charge on any atom is 0.338 e. The van der Waals surface area contributed by atoms with Gasteiger partial charge in [0.1, 0.15) is 0 Å². The van der Waals surface area contributed by atoms with Crippen molar-refractivity contribution in [3.63, 3.8) is 0 Å². The lowest BCUT2D eigenvalue weighted by molar-refractivity contribution is -0.146. The molecule has 0 amide bonds. The van der Waals surface area contributed by atoms with Gasteiger partial charge in [0, 0.05) is 0 Å². The number of aliphatic carboxylic acids is 1. The Morgan fingerprint density at radius 1 is 1.82 bits per heavy atom. The minimum atomic E-state index is -1.43. The van der Waals surface area contributed by atoms with Gasteiger partial charge in [0.15, 0.2) is 6.10 Å². The largest absolute Gasteiger partial charge is 0.479 e. The summed E-state index contributed by atoms with van der Waals surface area (Å²) in [5.41, 5.74) is 2.08. The lowest BCUT2D eigenvalue weighted by Gasteiger charge is -2.01. The standard InChI is InChI=1S/C6H7NO3S/c1-3-5(11-2-7-3)4(8)6(9)10/h2,4,8H,1H3,(H,9,10). The zero-order valence-corrected chi connectivity index (χ0v) is 6.63. The van der Waals surface area contributed by atoms with Crippen molar-refractivity contribution in [2.45, 2.75) is 13.0 Å². The fourth-order valence-electron chi connectivity index (χ4n) is 0.686. The maximum absolute atomic E-state index is 10.3. The number of hydrogen-bond acceptors (Lipinski definition) is 4. The van der Waals surface area contributed by atoms with Crippen LogP contribution in [-0.4, -0.2) is 21.2 Å². The molecule has 0 spiro atoms. The van der Waals surface area contributed by atoms with Crippen molar-refractivity contribution < 1.29 is 15.0 Å². The van der Waals surface area contributed by atoms with Gasteiger partial charge in [-0.05, 0) is 6.92 Å². The smallest absolute Gasteiger partial charge is 0.338 e.